The maximum absolute atomic E-state index is 13.5. The third-order valence-electron chi connectivity index (χ3n) is 8.02. The van der Waals surface area contributed by atoms with E-state index in [-0.39, 0.29) is 11.0 Å². The number of anilines is 2. The number of fused-ring (bicyclic) bond motifs is 4. The number of thiophene rings is 1. The number of benzene rings is 2. The number of aryl methyl sites for hydroxylation is 1. The number of carbonyl (C=O) groups excluding carboxylic acids is 2. The molecule has 7 nitrogen and oxygen atoms in total. The molecule has 4 heterocycles. The van der Waals surface area contributed by atoms with Crippen molar-refractivity contribution in [3.05, 3.63) is 76.4 Å². The van der Waals surface area contributed by atoms with Crippen molar-refractivity contribution in [1.82, 2.24) is 19.8 Å². The molecule has 1 unspecified atom stereocenters. The van der Waals surface area contributed by atoms with E-state index in [9.17, 15) is 9.59 Å². The van der Waals surface area contributed by atoms with Gasteiger partial charge in [0, 0.05) is 60.5 Å². The predicted octanol–water partition coefficient (Wildman–Crippen LogP) is 5.06. The summed E-state index contributed by atoms with van der Waals surface area (Å²) >= 11 is 3.01. The Kier molecular flexibility index (Phi) is 6.58. The zero-order valence-corrected chi connectivity index (χ0v) is 23.2. The van der Waals surface area contributed by atoms with Gasteiger partial charge in [-0.05, 0) is 48.1 Å². The number of amides is 1. The maximum atomic E-state index is 13.5. The molecule has 3 aliphatic rings. The highest BCUT2D eigenvalue weighted by Gasteiger charge is 2.33. The molecule has 1 fully saturated rings. The minimum atomic E-state index is 0.0295. The van der Waals surface area contributed by atoms with E-state index in [1.54, 1.807) is 17.7 Å². The fourth-order valence-electron chi connectivity index (χ4n) is 5.97. The number of nitrogens with zero attached hydrogens (tertiary/aromatic N) is 4. The van der Waals surface area contributed by atoms with Crippen molar-refractivity contribution in [1.29, 1.82) is 0 Å². The van der Waals surface area contributed by atoms with Gasteiger partial charge in [-0.3, -0.25) is 14.5 Å². The van der Waals surface area contributed by atoms with Crippen molar-refractivity contribution < 1.29 is 9.59 Å². The first-order chi connectivity index (χ1) is 19.1. The van der Waals surface area contributed by atoms with E-state index >= 15 is 0 Å². The van der Waals surface area contributed by atoms with Crippen LogP contribution in [-0.2, 0) is 35.4 Å². The minimum Gasteiger partial charge on any atom is -0.340 e. The topological polar surface area (TPSA) is 78.4 Å². The van der Waals surface area contributed by atoms with E-state index < -0.39 is 0 Å². The van der Waals surface area contributed by atoms with Crippen LogP contribution >= 0.6 is 23.1 Å². The summed E-state index contributed by atoms with van der Waals surface area (Å²) in [5, 5.41) is 4.75. The average Bonchev–Trinajstić information content (AvgIpc) is 3.52. The molecule has 0 radical (unpaired) electrons. The molecule has 39 heavy (non-hydrogen) atoms. The number of piperazine rings is 1. The highest BCUT2D eigenvalue weighted by atomic mass is 32.2. The molecule has 9 heteroatoms. The number of aromatic nitrogens is 2. The third-order valence-corrected chi connectivity index (χ3v) is 10.2. The first-order valence-electron chi connectivity index (χ1n) is 13.5. The van der Waals surface area contributed by atoms with Crippen LogP contribution in [0.25, 0.3) is 10.2 Å². The lowest BCUT2D eigenvalue weighted by Crippen LogP contribution is -2.50. The zero-order chi connectivity index (χ0) is 26.3. The highest BCUT2D eigenvalue weighted by Crippen LogP contribution is 2.41. The standard InChI is InChI=1S/C30H29N5O2S2/c36-26-15-20-6-8-22(16-24(20)38-26)33-28-27-23-9-7-21(14-25(23)39-29(27)32-18-31-28)30(37)35-12-10-34(11-13-35)17-19-4-2-1-3-5-19/h1-6,8,16,18,21H,7,9-15,17H2,(H,31,32,33). The molecule has 0 bridgehead atoms. The lowest BCUT2D eigenvalue weighted by Gasteiger charge is -2.37. The van der Waals surface area contributed by atoms with Gasteiger partial charge < -0.3 is 10.2 Å². The summed E-state index contributed by atoms with van der Waals surface area (Å²) < 4.78 is 0. The smallest absolute Gasteiger partial charge is 0.226 e. The van der Waals surface area contributed by atoms with Gasteiger partial charge in [0.2, 0.25) is 5.91 Å². The summed E-state index contributed by atoms with van der Waals surface area (Å²) in [7, 11) is 0. The molecule has 2 aromatic heterocycles. The fraction of sp³-hybridized carbons (Fsp3) is 0.333. The van der Waals surface area contributed by atoms with Crippen LogP contribution in [0.2, 0.25) is 0 Å². The van der Waals surface area contributed by atoms with Crippen LogP contribution < -0.4 is 5.32 Å². The molecule has 1 amide bonds. The zero-order valence-electron chi connectivity index (χ0n) is 21.6. The number of hydrogen-bond donors (Lipinski definition) is 1. The van der Waals surface area contributed by atoms with Gasteiger partial charge >= 0.3 is 0 Å². The normalized spacial score (nSPS) is 19.2. The minimum absolute atomic E-state index is 0.0295. The first-order valence-corrected chi connectivity index (χ1v) is 15.1. The van der Waals surface area contributed by atoms with Gasteiger partial charge in [0.15, 0.2) is 5.12 Å². The molecular weight excluding hydrogens is 526 g/mol. The molecule has 1 aliphatic carbocycles. The first kappa shape index (κ1) is 24.7. The average molecular weight is 556 g/mol. The molecule has 4 aromatic rings. The number of thioether (sulfide) groups is 1. The lowest BCUT2D eigenvalue weighted by molar-refractivity contribution is -0.137. The molecule has 1 atom stereocenters. The van der Waals surface area contributed by atoms with E-state index in [0.717, 1.165) is 84.2 Å². The van der Waals surface area contributed by atoms with Crippen molar-refractivity contribution in [2.45, 2.75) is 37.1 Å². The SMILES string of the molecule is O=C1Cc2ccc(Nc3ncnc4sc5c(c34)CCC(C(=O)N3CCN(Cc4ccccc4)CC3)C5)cc2S1. The Labute approximate surface area is 235 Å². The van der Waals surface area contributed by atoms with Gasteiger partial charge in [0.05, 0.1) is 5.39 Å². The summed E-state index contributed by atoms with van der Waals surface area (Å²) in [6.45, 7) is 4.37. The van der Waals surface area contributed by atoms with Crippen LogP contribution in [0.15, 0.2) is 59.8 Å². The van der Waals surface area contributed by atoms with Crippen molar-refractivity contribution >= 4 is 55.8 Å². The molecule has 1 N–H and O–H groups in total. The molecule has 7 rings (SSSR count). The summed E-state index contributed by atoms with van der Waals surface area (Å²) in [5.74, 6) is 1.13. The summed E-state index contributed by atoms with van der Waals surface area (Å²) in [6, 6.07) is 16.6. The molecular formula is C30H29N5O2S2. The van der Waals surface area contributed by atoms with Crippen molar-refractivity contribution in [2.75, 3.05) is 31.5 Å². The largest absolute Gasteiger partial charge is 0.340 e. The molecule has 198 valence electrons. The number of rotatable bonds is 5. The van der Waals surface area contributed by atoms with Crippen LogP contribution in [0, 0.1) is 5.92 Å². The summed E-state index contributed by atoms with van der Waals surface area (Å²) in [4.78, 5) is 42.3. The second kappa shape index (κ2) is 10.4. The Bertz CT molecular complexity index is 1560. The van der Waals surface area contributed by atoms with Crippen molar-refractivity contribution in [3.8, 4) is 0 Å². The van der Waals surface area contributed by atoms with Crippen molar-refractivity contribution in [2.24, 2.45) is 5.92 Å². The van der Waals surface area contributed by atoms with Gasteiger partial charge in [-0.2, -0.15) is 0 Å². The van der Waals surface area contributed by atoms with Gasteiger partial charge in [0.25, 0.3) is 0 Å². The highest BCUT2D eigenvalue weighted by molar-refractivity contribution is 8.14. The van der Waals surface area contributed by atoms with E-state index in [1.165, 1.54) is 27.8 Å². The summed E-state index contributed by atoms with van der Waals surface area (Å²) in [6.07, 6.45) is 4.59. The Morgan fingerprint density at radius 2 is 1.90 bits per heavy atom. The molecule has 0 saturated carbocycles. The van der Waals surface area contributed by atoms with Crippen LogP contribution in [0.4, 0.5) is 11.5 Å². The fourth-order valence-corrected chi connectivity index (χ4v) is 8.16. The Morgan fingerprint density at radius 3 is 2.74 bits per heavy atom. The predicted molar refractivity (Wildman–Crippen MR) is 156 cm³/mol. The molecule has 0 spiro atoms. The van der Waals surface area contributed by atoms with E-state index in [1.807, 2.05) is 24.3 Å². The number of hydrogen-bond acceptors (Lipinski definition) is 8. The Balaban J connectivity index is 1.04. The van der Waals surface area contributed by atoms with Gasteiger partial charge in [-0.15, -0.1) is 11.3 Å². The van der Waals surface area contributed by atoms with Gasteiger partial charge in [0.1, 0.15) is 17.0 Å². The van der Waals surface area contributed by atoms with Crippen LogP contribution in [0.5, 0.6) is 0 Å². The Hall–Kier alpha value is -3.27. The van der Waals surface area contributed by atoms with Gasteiger partial charge in [-0.25, -0.2) is 9.97 Å². The molecule has 1 saturated heterocycles. The van der Waals surface area contributed by atoms with Crippen LogP contribution in [0.3, 0.4) is 0 Å². The third kappa shape index (κ3) is 4.95. The van der Waals surface area contributed by atoms with E-state index in [4.69, 9.17) is 0 Å². The van der Waals surface area contributed by atoms with Crippen LogP contribution in [0.1, 0.15) is 28.0 Å². The lowest BCUT2D eigenvalue weighted by atomic mass is 9.86. The molecule has 2 aliphatic heterocycles. The van der Waals surface area contributed by atoms with Crippen LogP contribution in [-0.4, -0.2) is 57.0 Å². The number of carbonyl (C=O) groups is 2. The number of nitrogens with one attached hydrogen (secondary N) is 1. The Morgan fingerprint density at radius 1 is 1.05 bits per heavy atom. The van der Waals surface area contributed by atoms with Crippen molar-refractivity contribution in [3.63, 3.8) is 0 Å². The monoisotopic (exact) mass is 555 g/mol. The van der Waals surface area contributed by atoms with E-state index in [0.29, 0.717) is 12.3 Å². The van der Waals surface area contributed by atoms with Gasteiger partial charge in [-0.1, -0.05) is 48.2 Å². The second-order valence-corrected chi connectivity index (χ2v) is 12.7. The van der Waals surface area contributed by atoms with E-state index in [2.05, 4.69) is 49.4 Å². The quantitative estimate of drug-likeness (QED) is 0.369. The second-order valence-electron chi connectivity index (χ2n) is 10.5. The summed E-state index contributed by atoms with van der Waals surface area (Å²) in [5.41, 5.74) is 4.61. The molecule has 2 aromatic carbocycles. The maximum Gasteiger partial charge on any atom is 0.226 e.